The van der Waals surface area contributed by atoms with Crippen LogP contribution in [0.3, 0.4) is 0 Å². The fourth-order valence-electron chi connectivity index (χ4n) is 3.10. The lowest BCUT2D eigenvalue weighted by molar-refractivity contribution is 0.101. The van der Waals surface area contributed by atoms with E-state index in [1.54, 1.807) is 6.92 Å². The Labute approximate surface area is 139 Å². The monoisotopic (exact) mass is 316 g/mol. The van der Waals surface area contributed by atoms with Crippen molar-refractivity contribution in [3.05, 3.63) is 71.1 Å². The molecule has 0 amide bonds. The summed E-state index contributed by atoms with van der Waals surface area (Å²) in [6, 6.07) is 21.0. The van der Waals surface area contributed by atoms with Crippen LogP contribution in [0.5, 0.6) is 0 Å². The maximum atomic E-state index is 11.5. The highest BCUT2D eigenvalue weighted by Crippen LogP contribution is 2.39. The Morgan fingerprint density at radius 1 is 0.913 bits per heavy atom. The Bertz CT molecular complexity index is 1040. The minimum Gasteiger partial charge on any atom is -0.295 e. The molecule has 0 unspecified atom stereocenters. The quantitative estimate of drug-likeness (QED) is 0.400. The molecule has 23 heavy (non-hydrogen) atoms. The number of hydrogen-bond acceptors (Lipinski definition) is 2. The molecule has 0 saturated heterocycles. The van der Waals surface area contributed by atoms with Crippen molar-refractivity contribution in [1.29, 1.82) is 0 Å². The lowest BCUT2D eigenvalue weighted by Gasteiger charge is -2.08. The number of ketones is 1. The minimum atomic E-state index is 0.104. The maximum absolute atomic E-state index is 11.5. The highest BCUT2D eigenvalue weighted by molar-refractivity contribution is 7.19. The summed E-state index contributed by atoms with van der Waals surface area (Å²) in [7, 11) is 0. The van der Waals surface area contributed by atoms with Crippen molar-refractivity contribution < 1.29 is 4.79 Å². The predicted octanol–water partition coefficient (Wildman–Crippen LogP) is 6.23. The molecule has 0 bridgehead atoms. The van der Waals surface area contributed by atoms with E-state index in [-0.39, 0.29) is 5.78 Å². The summed E-state index contributed by atoms with van der Waals surface area (Å²) in [4.78, 5) is 12.8. The smallest absolute Gasteiger partial charge is 0.159 e. The highest BCUT2D eigenvalue weighted by atomic mass is 32.1. The van der Waals surface area contributed by atoms with Gasteiger partial charge in [-0.3, -0.25) is 4.79 Å². The summed E-state index contributed by atoms with van der Waals surface area (Å²) in [5.41, 5.74) is 3.16. The van der Waals surface area contributed by atoms with Gasteiger partial charge in [-0.15, -0.1) is 11.3 Å². The van der Waals surface area contributed by atoms with E-state index in [1.807, 2.05) is 23.5 Å². The van der Waals surface area contributed by atoms with Crippen LogP contribution >= 0.6 is 11.3 Å². The second kappa shape index (κ2) is 5.32. The van der Waals surface area contributed by atoms with Gasteiger partial charge < -0.3 is 0 Å². The zero-order chi connectivity index (χ0) is 16.0. The summed E-state index contributed by atoms with van der Waals surface area (Å²) < 4.78 is 1.32. The fourth-order valence-corrected chi connectivity index (χ4v) is 4.17. The van der Waals surface area contributed by atoms with Crippen LogP contribution in [-0.4, -0.2) is 5.78 Å². The molecule has 0 N–H and O–H groups in total. The molecule has 0 spiro atoms. The van der Waals surface area contributed by atoms with Crippen LogP contribution in [0.4, 0.5) is 0 Å². The van der Waals surface area contributed by atoms with Crippen LogP contribution in [-0.2, 0) is 0 Å². The molecule has 1 nitrogen and oxygen atoms in total. The van der Waals surface area contributed by atoms with E-state index >= 15 is 0 Å². The molecule has 0 aliphatic carbocycles. The molecular weight excluding hydrogens is 300 g/mol. The second-order valence-corrected chi connectivity index (χ2v) is 7.13. The number of Topliss-reactive ketones (excluding diaryl/α,β-unsaturated/α-hetero) is 1. The van der Waals surface area contributed by atoms with Gasteiger partial charge in [0, 0.05) is 26.1 Å². The van der Waals surface area contributed by atoms with E-state index in [0.717, 1.165) is 11.1 Å². The first-order valence-corrected chi connectivity index (χ1v) is 8.48. The summed E-state index contributed by atoms with van der Waals surface area (Å²) in [5, 5.41) is 3.87. The molecule has 0 radical (unpaired) electrons. The average molecular weight is 316 g/mol. The molecular formula is C21H16OS. The van der Waals surface area contributed by atoms with Crippen molar-refractivity contribution in [2.75, 3.05) is 0 Å². The Kier molecular flexibility index (Phi) is 3.28. The van der Waals surface area contributed by atoms with Gasteiger partial charge in [0.1, 0.15) is 0 Å². The maximum Gasteiger partial charge on any atom is 0.159 e. The van der Waals surface area contributed by atoms with Gasteiger partial charge in [0.15, 0.2) is 5.78 Å². The van der Waals surface area contributed by atoms with E-state index in [9.17, 15) is 4.79 Å². The molecule has 0 saturated carbocycles. The molecule has 4 aromatic rings. The fraction of sp³-hybridized carbons (Fsp3) is 0.0952. The minimum absolute atomic E-state index is 0.104. The van der Waals surface area contributed by atoms with Crippen molar-refractivity contribution in [3.63, 3.8) is 0 Å². The molecule has 4 rings (SSSR count). The third kappa shape index (κ3) is 2.36. The van der Waals surface area contributed by atoms with Crippen LogP contribution in [0.25, 0.3) is 32.0 Å². The molecule has 0 aliphatic heterocycles. The van der Waals surface area contributed by atoms with E-state index < -0.39 is 0 Å². The van der Waals surface area contributed by atoms with Gasteiger partial charge in [-0.05, 0) is 42.3 Å². The van der Waals surface area contributed by atoms with Crippen molar-refractivity contribution in [3.8, 4) is 11.1 Å². The first-order chi connectivity index (χ1) is 11.1. The number of carbonyl (C=O) groups is 1. The van der Waals surface area contributed by atoms with E-state index in [2.05, 4.69) is 55.5 Å². The topological polar surface area (TPSA) is 17.1 Å². The van der Waals surface area contributed by atoms with Gasteiger partial charge in [-0.1, -0.05) is 48.5 Å². The largest absolute Gasteiger partial charge is 0.295 e. The average Bonchev–Trinajstić information content (AvgIpc) is 2.96. The third-order valence-corrected chi connectivity index (χ3v) is 5.34. The number of fused-ring (bicyclic) bond motifs is 3. The van der Waals surface area contributed by atoms with Crippen molar-refractivity contribution in [2.45, 2.75) is 13.8 Å². The molecule has 2 heteroatoms. The van der Waals surface area contributed by atoms with Crippen molar-refractivity contribution in [1.82, 2.24) is 0 Å². The van der Waals surface area contributed by atoms with Gasteiger partial charge >= 0.3 is 0 Å². The van der Waals surface area contributed by atoms with Gasteiger partial charge in [-0.2, -0.15) is 0 Å². The molecule has 1 aromatic heterocycles. The number of hydrogen-bond donors (Lipinski definition) is 0. The van der Waals surface area contributed by atoms with Crippen LogP contribution in [0, 0.1) is 6.92 Å². The summed E-state index contributed by atoms with van der Waals surface area (Å²) in [5.74, 6) is 0.104. The van der Waals surface area contributed by atoms with Gasteiger partial charge in [0.25, 0.3) is 0 Å². The molecule has 3 aromatic carbocycles. The van der Waals surface area contributed by atoms with E-state index in [4.69, 9.17) is 0 Å². The van der Waals surface area contributed by atoms with E-state index in [0.29, 0.717) is 0 Å². The van der Waals surface area contributed by atoms with Crippen LogP contribution in [0.2, 0.25) is 0 Å². The normalized spacial score (nSPS) is 11.2. The van der Waals surface area contributed by atoms with Gasteiger partial charge in [0.2, 0.25) is 0 Å². The van der Waals surface area contributed by atoms with Crippen LogP contribution < -0.4 is 0 Å². The highest BCUT2D eigenvalue weighted by Gasteiger charge is 2.11. The standard InChI is InChI=1S/C21H16OS/c1-13-11-20-18-6-4-3-5-17(18)12-19(21(20)23-13)16-9-7-15(8-10-16)14(2)22/h3-12H,1-2H3. The molecule has 0 fully saturated rings. The van der Waals surface area contributed by atoms with E-state index in [1.165, 1.54) is 31.3 Å². The Morgan fingerprint density at radius 3 is 2.39 bits per heavy atom. The Hall–Kier alpha value is -2.45. The number of aryl methyl sites for hydroxylation is 1. The Morgan fingerprint density at radius 2 is 1.65 bits per heavy atom. The first-order valence-electron chi connectivity index (χ1n) is 7.67. The number of thiophene rings is 1. The lowest BCUT2D eigenvalue weighted by atomic mass is 9.97. The molecule has 112 valence electrons. The second-order valence-electron chi connectivity index (χ2n) is 5.88. The number of rotatable bonds is 2. The lowest BCUT2D eigenvalue weighted by Crippen LogP contribution is -1.91. The zero-order valence-corrected chi connectivity index (χ0v) is 13.9. The number of carbonyl (C=O) groups excluding carboxylic acids is 1. The summed E-state index contributed by atoms with van der Waals surface area (Å²) >= 11 is 1.83. The van der Waals surface area contributed by atoms with Crippen LogP contribution in [0.15, 0.2) is 60.7 Å². The predicted molar refractivity (Wildman–Crippen MR) is 99.5 cm³/mol. The third-order valence-electron chi connectivity index (χ3n) is 4.25. The first kappa shape index (κ1) is 14.2. The summed E-state index contributed by atoms with van der Waals surface area (Å²) in [6.07, 6.45) is 0. The van der Waals surface area contributed by atoms with Crippen molar-refractivity contribution >= 4 is 38.0 Å². The molecule has 0 atom stereocenters. The SMILES string of the molecule is CC(=O)c1ccc(-c2cc3ccccc3c3cc(C)sc23)cc1. The van der Waals surface area contributed by atoms with Gasteiger partial charge in [-0.25, -0.2) is 0 Å². The van der Waals surface area contributed by atoms with Crippen LogP contribution in [0.1, 0.15) is 22.2 Å². The zero-order valence-electron chi connectivity index (χ0n) is 13.1. The van der Waals surface area contributed by atoms with Gasteiger partial charge in [0.05, 0.1) is 0 Å². The molecule has 1 heterocycles. The summed E-state index contributed by atoms with van der Waals surface area (Å²) in [6.45, 7) is 3.76. The number of benzene rings is 3. The Balaban J connectivity index is 2.02. The molecule has 0 aliphatic rings. The van der Waals surface area contributed by atoms with Crippen molar-refractivity contribution in [2.24, 2.45) is 0 Å².